The van der Waals surface area contributed by atoms with Crippen LogP contribution in [0.25, 0.3) is 10.4 Å². The first-order chi connectivity index (χ1) is 10.7. The molecular weight excluding hydrogens is 300 g/mol. The Balaban J connectivity index is 3.11. The predicted molar refractivity (Wildman–Crippen MR) is 82.8 cm³/mol. The second kappa shape index (κ2) is 7.42. The number of hydrogen-bond acceptors (Lipinski definition) is 5. The normalized spacial score (nSPS) is 11.8. The zero-order valence-electron chi connectivity index (χ0n) is 13.4. The number of carbonyl (C=O) groups excluding carboxylic acids is 3. The summed E-state index contributed by atoms with van der Waals surface area (Å²) in [7, 11) is 0. The third-order valence-electron chi connectivity index (χ3n) is 2.80. The Morgan fingerprint density at radius 3 is 2.48 bits per heavy atom. The first-order valence-corrected chi connectivity index (χ1v) is 6.86. The topological polar surface area (TPSA) is 112 Å². The molecule has 0 radical (unpaired) electrons. The van der Waals surface area contributed by atoms with E-state index in [1.807, 2.05) is 0 Å². The third-order valence-corrected chi connectivity index (χ3v) is 2.80. The van der Waals surface area contributed by atoms with Crippen LogP contribution in [0.1, 0.15) is 38.1 Å². The van der Waals surface area contributed by atoms with Crippen molar-refractivity contribution in [3.05, 3.63) is 40.3 Å². The summed E-state index contributed by atoms with van der Waals surface area (Å²) in [4.78, 5) is 39.2. The Hall–Kier alpha value is -2.86. The van der Waals surface area contributed by atoms with Gasteiger partial charge in [-0.05, 0) is 39.3 Å². The second-order valence-electron chi connectivity index (χ2n) is 5.73. The van der Waals surface area contributed by atoms with E-state index < -0.39 is 23.5 Å². The van der Waals surface area contributed by atoms with E-state index in [0.29, 0.717) is 4.90 Å². The van der Waals surface area contributed by atoms with Crippen LogP contribution in [-0.2, 0) is 14.3 Å². The quantitative estimate of drug-likeness (QED) is 0.273. The molecule has 0 aromatic heterocycles. The molecule has 1 atom stereocenters. The van der Waals surface area contributed by atoms with Gasteiger partial charge in [0.25, 0.3) is 5.91 Å². The van der Waals surface area contributed by atoms with Crippen LogP contribution in [0.4, 0.5) is 5.69 Å². The number of carbonyl (C=O) groups is 3. The summed E-state index contributed by atoms with van der Waals surface area (Å²) in [5.74, 6) is -1.46. The minimum absolute atomic E-state index is 0.0211. The fourth-order valence-electron chi connectivity index (χ4n) is 1.74. The maximum atomic E-state index is 12.5. The first-order valence-electron chi connectivity index (χ1n) is 6.86. The van der Waals surface area contributed by atoms with Crippen molar-refractivity contribution >= 4 is 24.0 Å². The number of azide groups is 1. The van der Waals surface area contributed by atoms with Crippen molar-refractivity contribution in [1.29, 1.82) is 0 Å². The van der Waals surface area contributed by atoms with Crippen LogP contribution >= 0.6 is 0 Å². The third kappa shape index (κ3) is 4.82. The summed E-state index contributed by atoms with van der Waals surface area (Å²) in [6, 6.07) is 4.88. The van der Waals surface area contributed by atoms with E-state index in [9.17, 15) is 14.4 Å². The van der Waals surface area contributed by atoms with Gasteiger partial charge in [-0.3, -0.25) is 14.5 Å². The monoisotopic (exact) mass is 318 g/mol. The van der Waals surface area contributed by atoms with Crippen molar-refractivity contribution < 1.29 is 19.1 Å². The smallest absolute Gasteiger partial charge is 0.329 e. The number of rotatable bonds is 5. The van der Waals surface area contributed by atoms with Crippen molar-refractivity contribution in [3.8, 4) is 0 Å². The number of amides is 2. The molecule has 1 aromatic carbocycles. The molecule has 2 amide bonds. The Morgan fingerprint density at radius 1 is 1.35 bits per heavy atom. The molecular formula is C15H18N4O4. The highest BCUT2D eigenvalue weighted by Crippen LogP contribution is 2.21. The fraction of sp³-hybridized carbons (Fsp3) is 0.400. The van der Waals surface area contributed by atoms with Gasteiger partial charge in [-0.2, -0.15) is 0 Å². The van der Waals surface area contributed by atoms with Gasteiger partial charge in [-0.15, -0.1) is 0 Å². The van der Waals surface area contributed by atoms with E-state index in [2.05, 4.69) is 10.0 Å². The van der Waals surface area contributed by atoms with E-state index in [1.54, 1.807) is 32.9 Å². The predicted octanol–water partition coefficient (Wildman–Crippen LogP) is 2.96. The molecule has 0 aliphatic heterocycles. The Labute approximate surface area is 133 Å². The molecule has 0 heterocycles. The van der Waals surface area contributed by atoms with E-state index in [-0.39, 0.29) is 17.7 Å². The Bertz CT molecular complexity index is 660. The second-order valence-corrected chi connectivity index (χ2v) is 5.73. The van der Waals surface area contributed by atoms with Crippen molar-refractivity contribution in [2.24, 2.45) is 5.11 Å². The van der Waals surface area contributed by atoms with Crippen LogP contribution in [0, 0.1) is 0 Å². The lowest BCUT2D eigenvalue weighted by molar-refractivity contribution is -0.160. The largest absolute Gasteiger partial charge is 0.458 e. The average Bonchev–Trinajstić information content (AvgIpc) is 2.46. The molecule has 1 aromatic rings. The van der Waals surface area contributed by atoms with E-state index in [1.165, 1.54) is 19.1 Å². The minimum Gasteiger partial charge on any atom is -0.458 e. The van der Waals surface area contributed by atoms with Gasteiger partial charge < -0.3 is 4.74 Å². The summed E-state index contributed by atoms with van der Waals surface area (Å²) in [5, 5.41) is 3.41. The van der Waals surface area contributed by atoms with Crippen LogP contribution in [0.3, 0.4) is 0 Å². The molecule has 8 heteroatoms. The number of nitrogens with zero attached hydrogens (tertiary/aromatic N) is 4. The number of hydrogen-bond donors (Lipinski definition) is 0. The van der Waals surface area contributed by atoms with Gasteiger partial charge in [0.1, 0.15) is 11.6 Å². The SMILES string of the molecule is C[C@@H](C(=O)OC(C)(C)C)N(C=O)C(=O)c1ccccc1N=[N+]=[N-]. The summed E-state index contributed by atoms with van der Waals surface area (Å²) >= 11 is 0. The van der Waals surface area contributed by atoms with Gasteiger partial charge in [0.05, 0.1) is 5.69 Å². The highest BCUT2D eigenvalue weighted by molar-refractivity contribution is 6.05. The number of esters is 1. The fourth-order valence-corrected chi connectivity index (χ4v) is 1.74. The molecule has 0 unspecified atom stereocenters. The molecule has 0 spiro atoms. The summed E-state index contributed by atoms with van der Waals surface area (Å²) < 4.78 is 5.17. The van der Waals surface area contributed by atoms with Gasteiger partial charge in [0.15, 0.2) is 0 Å². The summed E-state index contributed by atoms with van der Waals surface area (Å²) in [5.41, 5.74) is 7.89. The molecule has 0 bridgehead atoms. The molecule has 0 aliphatic rings. The van der Waals surface area contributed by atoms with Crippen molar-refractivity contribution in [3.63, 3.8) is 0 Å². The summed E-state index contributed by atoms with van der Waals surface area (Å²) in [6.45, 7) is 6.43. The average molecular weight is 318 g/mol. The molecule has 0 N–H and O–H groups in total. The maximum Gasteiger partial charge on any atom is 0.329 e. The lowest BCUT2D eigenvalue weighted by atomic mass is 10.1. The van der Waals surface area contributed by atoms with Gasteiger partial charge in [0, 0.05) is 10.5 Å². The Kier molecular flexibility index (Phi) is 5.87. The lowest BCUT2D eigenvalue weighted by Gasteiger charge is -2.26. The number of ether oxygens (including phenoxy) is 1. The van der Waals surface area contributed by atoms with Crippen LogP contribution < -0.4 is 0 Å². The van der Waals surface area contributed by atoms with Crippen LogP contribution in [-0.4, -0.2) is 34.8 Å². The zero-order chi connectivity index (χ0) is 17.6. The van der Waals surface area contributed by atoms with Gasteiger partial charge in [-0.25, -0.2) is 4.79 Å². The van der Waals surface area contributed by atoms with Crippen molar-refractivity contribution in [2.45, 2.75) is 39.3 Å². The van der Waals surface area contributed by atoms with Gasteiger partial charge >= 0.3 is 5.97 Å². The number of imide groups is 1. The van der Waals surface area contributed by atoms with Gasteiger partial charge in [-0.1, -0.05) is 23.3 Å². The van der Waals surface area contributed by atoms with Crippen LogP contribution in [0.2, 0.25) is 0 Å². The maximum absolute atomic E-state index is 12.5. The minimum atomic E-state index is -1.11. The molecule has 0 saturated heterocycles. The molecule has 122 valence electrons. The Morgan fingerprint density at radius 2 is 1.96 bits per heavy atom. The molecule has 23 heavy (non-hydrogen) atoms. The van der Waals surface area contributed by atoms with E-state index >= 15 is 0 Å². The van der Waals surface area contributed by atoms with Gasteiger partial charge in [0.2, 0.25) is 6.41 Å². The van der Waals surface area contributed by atoms with Crippen LogP contribution in [0.15, 0.2) is 29.4 Å². The number of benzene rings is 1. The van der Waals surface area contributed by atoms with Crippen molar-refractivity contribution in [2.75, 3.05) is 0 Å². The summed E-state index contributed by atoms with van der Waals surface area (Å²) in [6.07, 6.45) is 0.254. The highest BCUT2D eigenvalue weighted by atomic mass is 16.6. The molecule has 8 nitrogen and oxygen atoms in total. The van der Waals surface area contributed by atoms with Crippen LogP contribution in [0.5, 0.6) is 0 Å². The lowest BCUT2D eigenvalue weighted by Crippen LogP contribution is -2.45. The molecule has 1 rings (SSSR count). The van der Waals surface area contributed by atoms with Crippen molar-refractivity contribution in [1.82, 2.24) is 4.90 Å². The van der Waals surface area contributed by atoms with E-state index in [4.69, 9.17) is 10.3 Å². The first kappa shape index (κ1) is 18.2. The molecule has 0 aliphatic carbocycles. The molecule has 0 fully saturated rings. The molecule has 0 saturated carbocycles. The standard InChI is InChI=1S/C15H18N4O4/c1-10(14(22)23-15(2,3)4)19(9-20)13(21)11-7-5-6-8-12(11)17-18-16/h5-10H,1-4H3/t10-/m0/s1. The van der Waals surface area contributed by atoms with E-state index in [0.717, 1.165) is 0 Å². The zero-order valence-corrected chi connectivity index (χ0v) is 13.4. The highest BCUT2D eigenvalue weighted by Gasteiger charge is 2.31.